The minimum Gasteiger partial charge on any atom is -0.396 e. The first-order valence-corrected chi connectivity index (χ1v) is 3.34. The Morgan fingerprint density at radius 1 is 1.38 bits per heavy atom. The Balaban J connectivity index is 2.53. The van der Waals surface area contributed by atoms with E-state index in [2.05, 4.69) is 12.6 Å². The van der Waals surface area contributed by atoms with Crippen molar-refractivity contribution < 1.29 is 9.84 Å². The SMILES string of the molecule is OCCCCOCS. The fourth-order valence-corrected chi connectivity index (χ4v) is 0.510. The Hall–Kier alpha value is 0.270. The van der Waals surface area contributed by atoms with Crippen LogP contribution in [0, 0.1) is 0 Å². The lowest BCUT2D eigenvalue weighted by Crippen LogP contribution is -1.93. The van der Waals surface area contributed by atoms with Gasteiger partial charge in [-0.25, -0.2) is 0 Å². The molecule has 0 aromatic heterocycles. The van der Waals surface area contributed by atoms with Crippen molar-refractivity contribution in [1.29, 1.82) is 0 Å². The van der Waals surface area contributed by atoms with Crippen LogP contribution in [-0.2, 0) is 4.74 Å². The molecule has 0 rings (SSSR count). The van der Waals surface area contributed by atoms with Gasteiger partial charge in [-0.05, 0) is 12.8 Å². The lowest BCUT2D eigenvalue weighted by atomic mass is 10.3. The first-order chi connectivity index (χ1) is 3.91. The minimum atomic E-state index is 0.260. The zero-order valence-corrected chi connectivity index (χ0v) is 5.73. The van der Waals surface area contributed by atoms with Crippen molar-refractivity contribution >= 4 is 12.6 Å². The molecule has 8 heavy (non-hydrogen) atoms. The van der Waals surface area contributed by atoms with Crippen LogP contribution < -0.4 is 0 Å². The molecule has 0 aromatic carbocycles. The topological polar surface area (TPSA) is 29.5 Å². The molecule has 2 nitrogen and oxygen atoms in total. The number of hydrogen-bond donors (Lipinski definition) is 2. The van der Waals surface area contributed by atoms with E-state index in [1.807, 2.05) is 0 Å². The second-order valence-corrected chi connectivity index (χ2v) is 1.73. The fourth-order valence-electron chi connectivity index (χ4n) is 0.380. The van der Waals surface area contributed by atoms with Crippen LogP contribution in [0.15, 0.2) is 0 Å². The maximum absolute atomic E-state index is 8.29. The molecule has 0 saturated heterocycles. The van der Waals surface area contributed by atoms with Gasteiger partial charge < -0.3 is 9.84 Å². The summed E-state index contributed by atoms with van der Waals surface area (Å²) in [5.74, 6) is 0.478. The summed E-state index contributed by atoms with van der Waals surface area (Å²) in [6.07, 6.45) is 1.75. The molecule has 0 aliphatic rings. The first kappa shape index (κ1) is 8.27. The molecule has 0 amide bonds. The smallest absolute Gasteiger partial charge is 0.0892 e. The molecule has 0 fully saturated rings. The van der Waals surface area contributed by atoms with E-state index in [1.165, 1.54) is 0 Å². The average molecular weight is 136 g/mol. The molecule has 1 N–H and O–H groups in total. The molecule has 50 valence electrons. The van der Waals surface area contributed by atoms with Gasteiger partial charge in [-0.1, -0.05) is 0 Å². The zero-order chi connectivity index (χ0) is 6.24. The van der Waals surface area contributed by atoms with Crippen molar-refractivity contribution in [3.63, 3.8) is 0 Å². The molecule has 0 aliphatic carbocycles. The van der Waals surface area contributed by atoms with Gasteiger partial charge in [0.2, 0.25) is 0 Å². The van der Waals surface area contributed by atoms with E-state index < -0.39 is 0 Å². The van der Waals surface area contributed by atoms with E-state index in [0.717, 1.165) is 12.8 Å². The number of hydrogen-bond acceptors (Lipinski definition) is 3. The molecule has 0 unspecified atom stereocenters. The third-order valence-electron chi connectivity index (χ3n) is 0.788. The number of thiol groups is 1. The van der Waals surface area contributed by atoms with Gasteiger partial charge in [0.05, 0.1) is 5.94 Å². The molecule has 0 saturated carbocycles. The molecular formula is C5H12O2S. The minimum absolute atomic E-state index is 0.260. The number of aliphatic hydroxyl groups excluding tert-OH is 1. The lowest BCUT2D eigenvalue weighted by Gasteiger charge is -1.96. The maximum atomic E-state index is 8.29. The summed E-state index contributed by atoms with van der Waals surface area (Å²) < 4.78 is 4.89. The van der Waals surface area contributed by atoms with Crippen LogP contribution in [0.5, 0.6) is 0 Å². The summed E-state index contributed by atoms with van der Waals surface area (Å²) in [4.78, 5) is 0. The zero-order valence-electron chi connectivity index (χ0n) is 4.84. The molecule has 0 heterocycles. The van der Waals surface area contributed by atoms with E-state index in [0.29, 0.717) is 12.5 Å². The summed E-state index contributed by atoms with van der Waals surface area (Å²) in [6.45, 7) is 0.972. The highest BCUT2D eigenvalue weighted by atomic mass is 32.1. The Bertz CT molecular complexity index is 35.4. The predicted octanol–water partition coefficient (Wildman–Crippen LogP) is 0.663. The van der Waals surface area contributed by atoms with Gasteiger partial charge in [-0.15, -0.1) is 0 Å². The standard InChI is InChI=1S/C5H12O2S/c6-3-1-2-4-7-5-8/h6,8H,1-5H2. The fraction of sp³-hybridized carbons (Fsp3) is 1.00. The normalized spacial score (nSPS) is 9.75. The van der Waals surface area contributed by atoms with Crippen LogP contribution in [0.25, 0.3) is 0 Å². The summed E-state index contributed by atoms with van der Waals surface area (Å²) in [5, 5.41) is 8.29. The van der Waals surface area contributed by atoms with Gasteiger partial charge in [-0.3, -0.25) is 0 Å². The third-order valence-corrected chi connectivity index (χ3v) is 0.971. The predicted molar refractivity (Wildman–Crippen MR) is 36.1 cm³/mol. The second-order valence-electron chi connectivity index (χ2n) is 1.47. The van der Waals surface area contributed by atoms with Gasteiger partial charge in [-0.2, -0.15) is 12.6 Å². The monoisotopic (exact) mass is 136 g/mol. The van der Waals surface area contributed by atoms with Crippen molar-refractivity contribution in [3.8, 4) is 0 Å². The highest BCUT2D eigenvalue weighted by molar-refractivity contribution is 7.80. The van der Waals surface area contributed by atoms with Crippen LogP contribution in [0.1, 0.15) is 12.8 Å². The van der Waals surface area contributed by atoms with Crippen molar-refractivity contribution in [2.24, 2.45) is 0 Å². The largest absolute Gasteiger partial charge is 0.396 e. The second kappa shape index (κ2) is 7.27. The Kier molecular flexibility index (Phi) is 7.52. The molecular weight excluding hydrogens is 124 g/mol. The summed E-state index contributed by atoms with van der Waals surface area (Å²) in [5.41, 5.74) is 0. The van der Waals surface area contributed by atoms with Gasteiger partial charge >= 0.3 is 0 Å². The summed E-state index contributed by atoms with van der Waals surface area (Å²) in [7, 11) is 0. The summed E-state index contributed by atoms with van der Waals surface area (Å²) >= 11 is 3.84. The Labute approximate surface area is 55.3 Å². The number of rotatable bonds is 5. The average Bonchev–Trinajstić information content (AvgIpc) is 1.81. The van der Waals surface area contributed by atoms with Crippen LogP contribution >= 0.6 is 12.6 Å². The van der Waals surface area contributed by atoms with Gasteiger partial charge in [0.25, 0.3) is 0 Å². The lowest BCUT2D eigenvalue weighted by molar-refractivity contribution is 0.169. The highest BCUT2D eigenvalue weighted by Crippen LogP contribution is 1.88. The van der Waals surface area contributed by atoms with E-state index >= 15 is 0 Å². The molecule has 0 radical (unpaired) electrons. The van der Waals surface area contributed by atoms with Crippen LogP contribution in [-0.4, -0.2) is 24.3 Å². The van der Waals surface area contributed by atoms with Crippen molar-refractivity contribution in [2.75, 3.05) is 19.2 Å². The van der Waals surface area contributed by atoms with E-state index in [9.17, 15) is 0 Å². The van der Waals surface area contributed by atoms with Crippen molar-refractivity contribution in [2.45, 2.75) is 12.8 Å². The molecule has 3 heteroatoms. The van der Waals surface area contributed by atoms with E-state index in [4.69, 9.17) is 9.84 Å². The van der Waals surface area contributed by atoms with Crippen LogP contribution in [0.2, 0.25) is 0 Å². The maximum Gasteiger partial charge on any atom is 0.0892 e. The number of unbranched alkanes of at least 4 members (excludes halogenated alkanes) is 1. The first-order valence-electron chi connectivity index (χ1n) is 2.71. The molecule has 0 atom stereocenters. The quantitative estimate of drug-likeness (QED) is 0.330. The summed E-state index contributed by atoms with van der Waals surface area (Å²) in [6, 6.07) is 0. The molecule has 0 spiro atoms. The Morgan fingerprint density at radius 2 is 2.12 bits per heavy atom. The highest BCUT2D eigenvalue weighted by Gasteiger charge is 1.83. The number of ether oxygens (including phenoxy) is 1. The van der Waals surface area contributed by atoms with E-state index in [-0.39, 0.29) is 6.61 Å². The van der Waals surface area contributed by atoms with E-state index in [1.54, 1.807) is 0 Å². The van der Waals surface area contributed by atoms with Crippen LogP contribution in [0.4, 0.5) is 0 Å². The van der Waals surface area contributed by atoms with Crippen molar-refractivity contribution in [3.05, 3.63) is 0 Å². The van der Waals surface area contributed by atoms with Gasteiger partial charge in [0.15, 0.2) is 0 Å². The third kappa shape index (κ3) is 6.27. The molecule has 0 bridgehead atoms. The van der Waals surface area contributed by atoms with Gasteiger partial charge in [0, 0.05) is 13.2 Å². The molecule has 0 aliphatic heterocycles. The van der Waals surface area contributed by atoms with Crippen LogP contribution in [0.3, 0.4) is 0 Å². The number of aliphatic hydroxyl groups is 1. The van der Waals surface area contributed by atoms with Gasteiger partial charge in [0.1, 0.15) is 0 Å². The van der Waals surface area contributed by atoms with Crippen molar-refractivity contribution in [1.82, 2.24) is 0 Å². The molecule has 0 aromatic rings. The Morgan fingerprint density at radius 3 is 2.62 bits per heavy atom.